The average molecular weight is 230 g/mol. The molecule has 2 aliphatic rings. The van der Waals surface area contributed by atoms with Crippen LogP contribution in [0.2, 0.25) is 0 Å². The molecule has 1 amide bonds. The van der Waals surface area contributed by atoms with Gasteiger partial charge in [0.2, 0.25) is 5.91 Å². The normalized spacial score (nSPS) is 20.9. The van der Waals surface area contributed by atoms with Gasteiger partial charge in [-0.1, -0.05) is 18.2 Å². The highest BCUT2D eigenvalue weighted by molar-refractivity contribution is 6.00. The van der Waals surface area contributed by atoms with E-state index < -0.39 is 0 Å². The van der Waals surface area contributed by atoms with Crippen LogP contribution in [0, 0.1) is 5.41 Å². The smallest absolute Gasteiger partial charge is 0.234 e. The minimum absolute atomic E-state index is 0.232. The van der Waals surface area contributed by atoms with E-state index in [-0.39, 0.29) is 11.3 Å². The molecule has 1 fully saturated rings. The highest BCUT2D eigenvalue weighted by Gasteiger charge is 2.51. The Labute approximate surface area is 102 Å². The van der Waals surface area contributed by atoms with Crippen molar-refractivity contribution in [1.82, 2.24) is 0 Å². The zero-order chi connectivity index (χ0) is 11.9. The van der Waals surface area contributed by atoms with E-state index >= 15 is 0 Å². The first-order valence-electron chi connectivity index (χ1n) is 6.37. The van der Waals surface area contributed by atoms with Crippen LogP contribution < -0.4 is 10.6 Å². The molecule has 1 aliphatic carbocycles. The van der Waals surface area contributed by atoms with E-state index in [9.17, 15) is 4.79 Å². The fourth-order valence-corrected chi connectivity index (χ4v) is 2.69. The molecule has 1 saturated carbocycles. The number of benzene rings is 1. The summed E-state index contributed by atoms with van der Waals surface area (Å²) in [4.78, 5) is 14.5. The van der Waals surface area contributed by atoms with Gasteiger partial charge in [-0.2, -0.15) is 0 Å². The molecule has 1 aromatic carbocycles. The Kier molecular flexibility index (Phi) is 2.44. The number of nitrogens with two attached hydrogens (primary N) is 1. The molecule has 1 aromatic rings. The number of fused-ring (bicyclic) bond motifs is 1. The Morgan fingerprint density at radius 2 is 2.12 bits per heavy atom. The SMILES string of the molecule is NCC1(C(=O)N2CCCc3ccccc32)CC1. The number of anilines is 1. The summed E-state index contributed by atoms with van der Waals surface area (Å²) in [6.45, 7) is 1.34. The van der Waals surface area contributed by atoms with Gasteiger partial charge in [0.15, 0.2) is 0 Å². The lowest BCUT2D eigenvalue weighted by Crippen LogP contribution is -2.43. The van der Waals surface area contributed by atoms with Crippen molar-refractivity contribution >= 4 is 11.6 Å². The molecule has 0 unspecified atom stereocenters. The second-order valence-corrected chi connectivity index (χ2v) is 5.17. The minimum atomic E-state index is -0.232. The molecule has 17 heavy (non-hydrogen) atoms. The van der Waals surface area contributed by atoms with Crippen LogP contribution in [0.5, 0.6) is 0 Å². The van der Waals surface area contributed by atoms with E-state index in [4.69, 9.17) is 5.73 Å². The lowest BCUT2D eigenvalue weighted by atomic mass is 9.98. The number of rotatable bonds is 2. The van der Waals surface area contributed by atoms with Crippen molar-refractivity contribution in [3.63, 3.8) is 0 Å². The van der Waals surface area contributed by atoms with Crippen molar-refractivity contribution in [3.05, 3.63) is 29.8 Å². The van der Waals surface area contributed by atoms with Crippen LogP contribution in [0.3, 0.4) is 0 Å². The third-order valence-electron chi connectivity index (χ3n) is 4.05. The summed E-state index contributed by atoms with van der Waals surface area (Å²) in [5, 5.41) is 0. The topological polar surface area (TPSA) is 46.3 Å². The maximum Gasteiger partial charge on any atom is 0.234 e. The predicted molar refractivity (Wildman–Crippen MR) is 67.8 cm³/mol. The van der Waals surface area contributed by atoms with Gasteiger partial charge in [0, 0.05) is 18.8 Å². The van der Waals surface area contributed by atoms with Gasteiger partial charge in [-0.25, -0.2) is 0 Å². The predicted octanol–water partition coefficient (Wildman–Crippen LogP) is 1.70. The van der Waals surface area contributed by atoms with Crippen LogP contribution in [0.15, 0.2) is 24.3 Å². The lowest BCUT2D eigenvalue weighted by molar-refractivity contribution is -0.123. The van der Waals surface area contributed by atoms with Gasteiger partial charge in [0.05, 0.1) is 5.41 Å². The Morgan fingerprint density at radius 1 is 1.35 bits per heavy atom. The molecule has 0 aromatic heterocycles. The molecule has 3 nitrogen and oxygen atoms in total. The summed E-state index contributed by atoms with van der Waals surface area (Å²) in [5.74, 6) is 0.243. The summed E-state index contributed by atoms with van der Waals surface area (Å²) in [7, 11) is 0. The van der Waals surface area contributed by atoms with Crippen molar-refractivity contribution in [1.29, 1.82) is 0 Å². The van der Waals surface area contributed by atoms with Crippen LogP contribution in [-0.2, 0) is 11.2 Å². The molecule has 0 saturated heterocycles. The molecular formula is C14H18N2O. The second-order valence-electron chi connectivity index (χ2n) is 5.17. The minimum Gasteiger partial charge on any atom is -0.329 e. The fourth-order valence-electron chi connectivity index (χ4n) is 2.69. The fraction of sp³-hybridized carbons (Fsp3) is 0.500. The molecule has 0 radical (unpaired) electrons. The van der Waals surface area contributed by atoms with Crippen molar-refractivity contribution < 1.29 is 4.79 Å². The quantitative estimate of drug-likeness (QED) is 0.840. The average Bonchev–Trinajstić information content (AvgIpc) is 3.18. The van der Waals surface area contributed by atoms with Crippen LogP contribution >= 0.6 is 0 Å². The molecule has 3 heteroatoms. The van der Waals surface area contributed by atoms with Gasteiger partial charge < -0.3 is 10.6 Å². The van der Waals surface area contributed by atoms with Crippen molar-refractivity contribution in [2.24, 2.45) is 11.1 Å². The van der Waals surface area contributed by atoms with Crippen molar-refractivity contribution in [3.8, 4) is 0 Å². The van der Waals surface area contributed by atoms with E-state index in [2.05, 4.69) is 12.1 Å². The van der Waals surface area contributed by atoms with Gasteiger partial charge in [-0.05, 0) is 37.3 Å². The molecule has 1 aliphatic heterocycles. The van der Waals surface area contributed by atoms with Gasteiger partial charge in [-0.15, -0.1) is 0 Å². The zero-order valence-electron chi connectivity index (χ0n) is 9.98. The van der Waals surface area contributed by atoms with E-state index in [1.54, 1.807) is 0 Å². The van der Waals surface area contributed by atoms with Crippen molar-refractivity contribution in [2.45, 2.75) is 25.7 Å². The molecule has 0 bridgehead atoms. The maximum atomic E-state index is 12.5. The molecule has 0 atom stereocenters. The molecule has 3 rings (SSSR count). The standard InChI is InChI=1S/C14H18N2O/c15-10-14(7-8-14)13(17)16-9-3-5-11-4-1-2-6-12(11)16/h1-2,4,6H,3,5,7-10,15H2. The third-order valence-corrected chi connectivity index (χ3v) is 4.05. The molecule has 2 N–H and O–H groups in total. The summed E-state index contributed by atoms with van der Waals surface area (Å²) >= 11 is 0. The number of hydrogen-bond acceptors (Lipinski definition) is 2. The van der Waals surface area contributed by atoms with Crippen LogP contribution in [0.1, 0.15) is 24.8 Å². The summed E-state index contributed by atoms with van der Waals surface area (Å²) in [5.41, 5.74) is 7.91. The Morgan fingerprint density at radius 3 is 2.82 bits per heavy atom. The number of para-hydroxylation sites is 1. The summed E-state index contributed by atoms with van der Waals surface area (Å²) < 4.78 is 0. The number of aryl methyl sites for hydroxylation is 1. The summed E-state index contributed by atoms with van der Waals surface area (Å²) in [6, 6.07) is 8.23. The van der Waals surface area contributed by atoms with Gasteiger partial charge in [0.25, 0.3) is 0 Å². The number of carbonyl (C=O) groups is 1. The first-order chi connectivity index (χ1) is 8.27. The van der Waals surface area contributed by atoms with E-state index in [0.717, 1.165) is 37.9 Å². The number of carbonyl (C=O) groups excluding carboxylic acids is 1. The zero-order valence-corrected chi connectivity index (χ0v) is 9.98. The number of nitrogens with zero attached hydrogens (tertiary/aromatic N) is 1. The highest BCUT2D eigenvalue weighted by Crippen LogP contribution is 2.47. The molecular weight excluding hydrogens is 212 g/mol. The number of amides is 1. The van der Waals surface area contributed by atoms with E-state index in [1.807, 2.05) is 17.0 Å². The van der Waals surface area contributed by atoms with Crippen LogP contribution in [-0.4, -0.2) is 19.0 Å². The number of hydrogen-bond donors (Lipinski definition) is 1. The molecule has 90 valence electrons. The van der Waals surface area contributed by atoms with Gasteiger partial charge >= 0.3 is 0 Å². The Hall–Kier alpha value is -1.35. The molecule has 0 spiro atoms. The highest BCUT2D eigenvalue weighted by atomic mass is 16.2. The van der Waals surface area contributed by atoms with Crippen LogP contribution in [0.25, 0.3) is 0 Å². The van der Waals surface area contributed by atoms with Gasteiger partial charge in [-0.3, -0.25) is 4.79 Å². The third kappa shape index (κ3) is 1.65. The molecule has 1 heterocycles. The van der Waals surface area contributed by atoms with E-state index in [1.165, 1.54) is 5.56 Å². The van der Waals surface area contributed by atoms with Crippen molar-refractivity contribution in [2.75, 3.05) is 18.0 Å². The van der Waals surface area contributed by atoms with Gasteiger partial charge in [0.1, 0.15) is 0 Å². The maximum absolute atomic E-state index is 12.5. The Balaban J connectivity index is 1.93. The first kappa shape index (κ1) is 10.8. The first-order valence-corrected chi connectivity index (χ1v) is 6.37. The summed E-state index contributed by atoms with van der Waals surface area (Å²) in [6.07, 6.45) is 4.06. The second kappa shape index (κ2) is 3.84. The monoisotopic (exact) mass is 230 g/mol. The lowest BCUT2D eigenvalue weighted by Gasteiger charge is -2.32. The van der Waals surface area contributed by atoms with E-state index in [0.29, 0.717) is 6.54 Å². The Bertz CT molecular complexity index is 451. The van der Waals surface area contributed by atoms with Crippen LogP contribution in [0.4, 0.5) is 5.69 Å². The largest absolute Gasteiger partial charge is 0.329 e.